The molecule has 2 aromatic carbocycles. The fourth-order valence-electron chi connectivity index (χ4n) is 3.26. The minimum Gasteiger partial charge on any atom is -0.494 e. The van der Waals surface area contributed by atoms with Crippen LogP contribution in [0, 0.1) is 0 Å². The van der Waals surface area contributed by atoms with Crippen molar-refractivity contribution in [2.75, 3.05) is 29.2 Å². The van der Waals surface area contributed by atoms with Crippen molar-refractivity contribution in [3.05, 3.63) is 54.1 Å². The van der Waals surface area contributed by atoms with Crippen LogP contribution in [-0.2, 0) is 19.1 Å². The van der Waals surface area contributed by atoms with E-state index in [4.69, 9.17) is 9.47 Å². The molecule has 2 aromatic rings. The molecule has 0 radical (unpaired) electrons. The minimum absolute atomic E-state index is 0.0306. The fourth-order valence-corrected chi connectivity index (χ4v) is 4.43. The molecule has 3 rings (SSSR count). The summed E-state index contributed by atoms with van der Waals surface area (Å²) in [4.78, 5) is 38.0. The Bertz CT molecular complexity index is 932. The van der Waals surface area contributed by atoms with Crippen LogP contribution in [0.2, 0.25) is 0 Å². The molecule has 31 heavy (non-hydrogen) atoms. The molecule has 1 aliphatic rings. The number of amides is 2. The molecule has 2 amide bonds. The van der Waals surface area contributed by atoms with Crippen LogP contribution < -0.4 is 15.0 Å². The summed E-state index contributed by atoms with van der Waals surface area (Å²) < 4.78 is 10.3. The molecule has 0 bridgehead atoms. The standard InChI is InChI=1S/C23H26N2O5S/c1-3-29-19-10-8-18(9-11-19)25-21(27)15-31-23(25)16-6-5-7-17(14-16)24-20(26)12-13-22(28)30-4-2/h5-11,14,23H,3-4,12-13,15H2,1-2H3,(H,24,26)/t23-/m1/s1. The Balaban J connectivity index is 1.70. The van der Waals surface area contributed by atoms with E-state index in [1.807, 2.05) is 49.4 Å². The number of anilines is 2. The van der Waals surface area contributed by atoms with Crippen molar-refractivity contribution >= 4 is 40.9 Å². The fraction of sp³-hybridized carbons (Fsp3) is 0.348. The lowest BCUT2D eigenvalue weighted by Gasteiger charge is -2.25. The minimum atomic E-state index is -0.390. The normalized spacial score (nSPS) is 15.6. The lowest BCUT2D eigenvalue weighted by atomic mass is 10.1. The average molecular weight is 443 g/mol. The van der Waals surface area contributed by atoms with Gasteiger partial charge in [-0.3, -0.25) is 19.3 Å². The Hall–Kier alpha value is -3.00. The molecule has 1 heterocycles. The zero-order valence-corrected chi connectivity index (χ0v) is 18.4. The van der Waals surface area contributed by atoms with Crippen LogP contribution in [0.4, 0.5) is 11.4 Å². The number of thioether (sulfide) groups is 1. The summed E-state index contributed by atoms with van der Waals surface area (Å²) in [6.45, 7) is 4.53. The summed E-state index contributed by atoms with van der Waals surface area (Å²) in [7, 11) is 0. The van der Waals surface area contributed by atoms with Gasteiger partial charge in [0.2, 0.25) is 11.8 Å². The summed E-state index contributed by atoms with van der Waals surface area (Å²) in [6.07, 6.45) is 0.0931. The topological polar surface area (TPSA) is 84.9 Å². The molecular formula is C23H26N2O5S. The highest BCUT2D eigenvalue weighted by Gasteiger charge is 2.34. The number of ether oxygens (including phenoxy) is 2. The Kier molecular flexibility index (Phi) is 7.94. The Morgan fingerprint density at radius 1 is 1.10 bits per heavy atom. The molecule has 1 N–H and O–H groups in total. The maximum atomic E-state index is 12.6. The second-order valence-corrected chi connectivity index (χ2v) is 7.90. The number of nitrogens with zero attached hydrogens (tertiary/aromatic N) is 1. The van der Waals surface area contributed by atoms with Crippen molar-refractivity contribution in [3.8, 4) is 5.75 Å². The van der Waals surface area contributed by atoms with Crippen LogP contribution in [0.3, 0.4) is 0 Å². The van der Waals surface area contributed by atoms with Crippen molar-refractivity contribution in [2.45, 2.75) is 32.1 Å². The molecule has 1 aliphatic heterocycles. The summed E-state index contributed by atoms with van der Waals surface area (Å²) in [5, 5.41) is 2.62. The quantitative estimate of drug-likeness (QED) is 0.588. The van der Waals surface area contributed by atoms with Gasteiger partial charge in [-0.05, 0) is 55.8 Å². The molecule has 8 heteroatoms. The van der Waals surface area contributed by atoms with Gasteiger partial charge in [-0.1, -0.05) is 12.1 Å². The molecule has 0 aliphatic carbocycles. The maximum absolute atomic E-state index is 12.6. The van der Waals surface area contributed by atoms with Gasteiger partial charge in [0.15, 0.2) is 0 Å². The molecule has 1 fully saturated rings. The largest absolute Gasteiger partial charge is 0.494 e. The number of carbonyl (C=O) groups is 3. The Morgan fingerprint density at radius 3 is 2.58 bits per heavy atom. The van der Waals surface area contributed by atoms with Gasteiger partial charge in [0.05, 0.1) is 25.4 Å². The third kappa shape index (κ3) is 6.01. The molecule has 1 saturated heterocycles. The lowest BCUT2D eigenvalue weighted by Crippen LogP contribution is -2.27. The zero-order chi connectivity index (χ0) is 22.2. The highest BCUT2D eigenvalue weighted by Crippen LogP contribution is 2.42. The smallest absolute Gasteiger partial charge is 0.306 e. The summed E-state index contributed by atoms with van der Waals surface area (Å²) in [6, 6.07) is 14.9. The predicted molar refractivity (Wildman–Crippen MR) is 121 cm³/mol. The third-order valence-electron chi connectivity index (χ3n) is 4.61. The van der Waals surface area contributed by atoms with E-state index in [1.54, 1.807) is 17.9 Å². The molecule has 1 atom stereocenters. The van der Waals surface area contributed by atoms with Crippen molar-refractivity contribution in [1.82, 2.24) is 0 Å². The highest BCUT2D eigenvalue weighted by molar-refractivity contribution is 8.00. The van der Waals surface area contributed by atoms with Crippen molar-refractivity contribution in [1.29, 1.82) is 0 Å². The third-order valence-corrected chi connectivity index (χ3v) is 5.82. The van der Waals surface area contributed by atoms with E-state index in [-0.39, 0.29) is 30.0 Å². The van der Waals surface area contributed by atoms with E-state index < -0.39 is 5.97 Å². The van der Waals surface area contributed by atoms with Gasteiger partial charge in [-0.2, -0.15) is 0 Å². The number of carbonyl (C=O) groups excluding carboxylic acids is 3. The van der Waals surface area contributed by atoms with Gasteiger partial charge in [0, 0.05) is 17.8 Å². The van der Waals surface area contributed by atoms with E-state index in [2.05, 4.69) is 5.32 Å². The van der Waals surface area contributed by atoms with E-state index >= 15 is 0 Å². The average Bonchev–Trinajstić information content (AvgIpc) is 3.15. The molecule has 0 spiro atoms. The van der Waals surface area contributed by atoms with Crippen molar-refractivity contribution in [2.24, 2.45) is 0 Å². The van der Waals surface area contributed by atoms with Gasteiger partial charge >= 0.3 is 5.97 Å². The second-order valence-electron chi connectivity index (χ2n) is 6.83. The predicted octanol–water partition coefficient (Wildman–Crippen LogP) is 4.15. The van der Waals surface area contributed by atoms with Crippen LogP contribution in [-0.4, -0.2) is 36.8 Å². The van der Waals surface area contributed by atoms with Gasteiger partial charge < -0.3 is 14.8 Å². The Labute approximate surface area is 186 Å². The molecule has 0 aromatic heterocycles. The summed E-state index contributed by atoms with van der Waals surface area (Å²) >= 11 is 1.54. The van der Waals surface area contributed by atoms with E-state index in [1.165, 1.54) is 11.8 Å². The first-order valence-electron chi connectivity index (χ1n) is 10.2. The monoisotopic (exact) mass is 442 g/mol. The first kappa shape index (κ1) is 22.7. The van der Waals surface area contributed by atoms with Crippen molar-refractivity contribution in [3.63, 3.8) is 0 Å². The molecule has 7 nitrogen and oxygen atoms in total. The van der Waals surface area contributed by atoms with Crippen LogP contribution in [0.5, 0.6) is 5.75 Å². The van der Waals surface area contributed by atoms with Crippen molar-refractivity contribution < 1.29 is 23.9 Å². The highest BCUT2D eigenvalue weighted by atomic mass is 32.2. The van der Waals surface area contributed by atoms with Gasteiger partial charge in [0.25, 0.3) is 0 Å². The number of benzene rings is 2. The second kappa shape index (κ2) is 10.9. The lowest BCUT2D eigenvalue weighted by molar-refractivity contribution is -0.144. The van der Waals surface area contributed by atoms with Crippen LogP contribution in [0.25, 0.3) is 0 Å². The van der Waals surface area contributed by atoms with Crippen LogP contribution >= 0.6 is 11.8 Å². The summed E-state index contributed by atoms with van der Waals surface area (Å²) in [5.74, 6) is 0.522. The molecule has 0 saturated carbocycles. The first-order chi connectivity index (χ1) is 15.0. The molecular weight excluding hydrogens is 416 g/mol. The maximum Gasteiger partial charge on any atom is 0.306 e. The van der Waals surface area contributed by atoms with E-state index in [9.17, 15) is 14.4 Å². The number of rotatable bonds is 9. The van der Waals surface area contributed by atoms with Crippen LogP contribution in [0.15, 0.2) is 48.5 Å². The number of hydrogen-bond acceptors (Lipinski definition) is 6. The molecule has 0 unspecified atom stereocenters. The van der Waals surface area contributed by atoms with Gasteiger partial charge in [-0.15, -0.1) is 11.8 Å². The van der Waals surface area contributed by atoms with Gasteiger partial charge in [0.1, 0.15) is 11.1 Å². The number of esters is 1. The first-order valence-corrected chi connectivity index (χ1v) is 11.3. The number of nitrogens with one attached hydrogen (secondary N) is 1. The summed E-state index contributed by atoms with van der Waals surface area (Å²) in [5.41, 5.74) is 2.33. The van der Waals surface area contributed by atoms with E-state index in [0.29, 0.717) is 24.7 Å². The van der Waals surface area contributed by atoms with E-state index in [0.717, 1.165) is 17.0 Å². The Morgan fingerprint density at radius 2 is 1.87 bits per heavy atom. The number of hydrogen-bond donors (Lipinski definition) is 1. The SMILES string of the molecule is CCOC(=O)CCC(=O)Nc1cccc([C@H]2SCC(=O)N2c2ccc(OCC)cc2)c1. The molecule has 164 valence electrons. The zero-order valence-electron chi connectivity index (χ0n) is 17.6. The van der Waals surface area contributed by atoms with Gasteiger partial charge in [-0.25, -0.2) is 0 Å². The van der Waals surface area contributed by atoms with Crippen LogP contribution in [0.1, 0.15) is 37.6 Å².